The number of ether oxygens (including phenoxy) is 2. The molecule has 14 heteroatoms. The van der Waals surface area contributed by atoms with Crippen molar-refractivity contribution in [3.63, 3.8) is 0 Å². The molecule has 5 rings (SSSR count). The predicted molar refractivity (Wildman–Crippen MR) is 138 cm³/mol. The van der Waals surface area contributed by atoms with E-state index in [4.69, 9.17) is 15.2 Å². The van der Waals surface area contributed by atoms with Crippen molar-refractivity contribution < 1.29 is 32.2 Å². The van der Waals surface area contributed by atoms with Crippen LogP contribution in [0.15, 0.2) is 24.7 Å². The zero-order valence-corrected chi connectivity index (χ0v) is 22.2. The number of alkyl halides is 3. The molecule has 2 atom stereocenters. The van der Waals surface area contributed by atoms with Gasteiger partial charge in [-0.3, -0.25) is 9.59 Å². The second-order valence-corrected chi connectivity index (χ2v) is 10.4. The van der Waals surface area contributed by atoms with Crippen molar-refractivity contribution >= 4 is 23.1 Å². The first-order chi connectivity index (χ1) is 19.0. The Bertz CT molecular complexity index is 1440. The number of hydrogen-bond donors (Lipinski definition) is 2. The molecule has 0 radical (unpaired) electrons. The van der Waals surface area contributed by atoms with Crippen molar-refractivity contribution in [2.24, 2.45) is 5.92 Å². The minimum absolute atomic E-state index is 0.0117. The Morgan fingerprint density at radius 1 is 1.23 bits per heavy atom. The number of hydrogen-bond acceptors (Lipinski definition) is 8. The number of nitrogens with two attached hydrogens (primary N) is 1. The van der Waals surface area contributed by atoms with E-state index in [0.29, 0.717) is 16.8 Å². The number of pyridine rings is 1. The Kier molecular flexibility index (Phi) is 7.29. The van der Waals surface area contributed by atoms with Gasteiger partial charge in [-0.1, -0.05) is 0 Å². The number of nitrogens with zero attached hydrogens (tertiary/aromatic N) is 5. The minimum Gasteiger partial charge on any atom is -0.480 e. The average Bonchev–Trinajstić information content (AvgIpc) is 3.46. The number of halogens is 3. The summed E-state index contributed by atoms with van der Waals surface area (Å²) in [6, 6.07) is 2.33. The van der Waals surface area contributed by atoms with Gasteiger partial charge in [0.15, 0.2) is 5.82 Å². The highest BCUT2D eigenvalue weighted by molar-refractivity contribution is 5.98. The van der Waals surface area contributed by atoms with E-state index in [1.807, 2.05) is 19.9 Å². The van der Waals surface area contributed by atoms with Crippen molar-refractivity contribution in [2.75, 3.05) is 25.9 Å². The maximum absolute atomic E-state index is 14.8. The van der Waals surface area contributed by atoms with Crippen LogP contribution >= 0.6 is 0 Å². The molecular formula is C26H30F3N7O4. The van der Waals surface area contributed by atoms with E-state index in [-0.39, 0.29) is 43.1 Å². The van der Waals surface area contributed by atoms with Crippen LogP contribution < -0.4 is 15.8 Å². The summed E-state index contributed by atoms with van der Waals surface area (Å²) < 4.78 is 53.9. The number of carbonyl (C=O) groups is 2. The Morgan fingerprint density at radius 3 is 2.65 bits per heavy atom. The van der Waals surface area contributed by atoms with Crippen LogP contribution in [-0.2, 0) is 16.1 Å². The van der Waals surface area contributed by atoms with Crippen molar-refractivity contribution in [3.8, 4) is 17.1 Å². The largest absolute Gasteiger partial charge is 0.480 e. The lowest BCUT2D eigenvalue weighted by Gasteiger charge is -2.36. The van der Waals surface area contributed by atoms with Gasteiger partial charge in [0, 0.05) is 42.6 Å². The summed E-state index contributed by atoms with van der Waals surface area (Å²) in [7, 11) is 1.35. The molecule has 0 unspecified atom stereocenters. The maximum atomic E-state index is 14.8. The summed E-state index contributed by atoms with van der Waals surface area (Å²) in [6.45, 7) is 3.67. The Labute approximate surface area is 227 Å². The number of nitrogen functional groups attached to an aromatic ring is 1. The molecule has 3 N–H and O–H groups in total. The molecule has 0 spiro atoms. The zero-order chi connectivity index (χ0) is 28.8. The molecule has 2 aliphatic rings. The fourth-order valence-electron chi connectivity index (χ4n) is 5.05. The third-order valence-corrected chi connectivity index (χ3v) is 7.13. The van der Waals surface area contributed by atoms with E-state index in [1.54, 1.807) is 4.52 Å². The van der Waals surface area contributed by atoms with Gasteiger partial charge in [0.2, 0.25) is 17.7 Å². The fraction of sp³-hybridized carbons (Fsp3) is 0.500. The van der Waals surface area contributed by atoms with E-state index in [0.717, 1.165) is 5.56 Å². The van der Waals surface area contributed by atoms with Crippen molar-refractivity contribution in [1.82, 2.24) is 29.8 Å². The van der Waals surface area contributed by atoms with Crippen molar-refractivity contribution in [3.05, 3.63) is 35.8 Å². The van der Waals surface area contributed by atoms with Crippen molar-refractivity contribution in [2.45, 2.75) is 57.5 Å². The van der Waals surface area contributed by atoms with Crippen LogP contribution in [0.4, 0.5) is 19.0 Å². The number of methoxy groups -OCH3 is 1. The van der Waals surface area contributed by atoms with Crippen LogP contribution in [0.2, 0.25) is 0 Å². The fourth-order valence-corrected chi connectivity index (χ4v) is 5.05. The highest BCUT2D eigenvalue weighted by atomic mass is 19.3. The lowest BCUT2D eigenvalue weighted by molar-refractivity contribution is -0.159. The van der Waals surface area contributed by atoms with Gasteiger partial charge in [0.05, 0.1) is 38.1 Å². The molecule has 1 aliphatic carbocycles. The van der Waals surface area contributed by atoms with Crippen LogP contribution in [0.5, 0.6) is 5.88 Å². The van der Waals surface area contributed by atoms with Crippen LogP contribution in [0.3, 0.4) is 0 Å². The van der Waals surface area contributed by atoms with Gasteiger partial charge < -0.3 is 25.4 Å². The molecular weight excluding hydrogens is 531 g/mol. The van der Waals surface area contributed by atoms with Gasteiger partial charge in [-0.25, -0.2) is 27.7 Å². The quantitative estimate of drug-likeness (QED) is 0.428. The molecule has 40 heavy (non-hydrogen) atoms. The second kappa shape index (κ2) is 10.6. The lowest BCUT2D eigenvalue weighted by Crippen LogP contribution is -2.47. The number of anilines is 1. The Hall–Kier alpha value is -3.94. The summed E-state index contributed by atoms with van der Waals surface area (Å²) in [5.41, 5.74) is 8.53. The van der Waals surface area contributed by atoms with Crippen LogP contribution in [0.1, 0.15) is 42.6 Å². The first-order valence-corrected chi connectivity index (χ1v) is 12.9. The summed E-state index contributed by atoms with van der Waals surface area (Å²) in [4.78, 5) is 35.4. The summed E-state index contributed by atoms with van der Waals surface area (Å²) in [6.07, 6.45) is 0.143. The molecule has 0 aromatic carbocycles. The highest BCUT2D eigenvalue weighted by Gasteiger charge is 2.51. The standard InChI is InChI=1S/C26H30F3N7O4/c1-13(2)40-11-15-5-20(36-21(15)22(30)32-12-33-36)14-4-17(24(39-3)31-8-14)23(37)34-19-10-35(9-18(19)27)25(38)16-6-26(28,29)7-16/h4-5,8,12-13,16,18-19H,6-7,9-11H2,1-3H3,(H,34,37)(H2,30,32,33)/t18-,19+/m0/s1. The van der Waals surface area contributed by atoms with Crippen molar-refractivity contribution in [1.29, 1.82) is 0 Å². The zero-order valence-electron chi connectivity index (χ0n) is 22.2. The molecule has 3 aromatic rings. The molecule has 2 amide bonds. The number of rotatable bonds is 8. The van der Waals surface area contributed by atoms with E-state index >= 15 is 0 Å². The number of carbonyl (C=O) groups excluding carboxylic acids is 2. The molecule has 11 nitrogen and oxygen atoms in total. The first kappa shape index (κ1) is 27.6. The molecule has 4 heterocycles. The van der Waals surface area contributed by atoms with Gasteiger partial charge in [-0.15, -0.1) is 0 Å². The molecule has 2 fully saturated rings. The Morgan fingerprint density at radius 2 is 1.98 bits per heavy atom. The maximum Gasteiger partial charge on any atom is 0.257 e. The second-order valence-electron chi connectivity index (χ2n) is 10.4. The van der Waals surface area contributed by atoms with Gasteiger partial charge in [-0.05, 0) is 26.0 Å². The molecule has 214 valence electrons. The molecule has 3 aromatic heterocycles. The SMILES string of the molecule is COc1ncc(-c2cc(COC(C)C)c3c(N)ncnn23)cc1C(=O)N[C@@H]1CN(C(=O)C2CC(F)(F)C2)C[C@@H]1F. The van der Waals surface area contributed by atoms with Crippen LogP contribution in [0.25, 0.3) is 16.8 Å². The number of fused-ring (bicyclic) bond motifs is 1. The van der Waals surface area contributed by atoms with Gasteiger partial charge in [0.25, 0.3) is 5.91 Å². The van der Waals surface area contributed by atoms with E-state index in [1.165, 1.54) is 30.6 Å². The summed E-state index contributed by atoms with van der Waals surface area (Å²) in [5, 5.41) is 6.92. The number of likely N-dealkylation sites (tertiary alicyclic amines) is 1. The van der Waals surface area contributed by atoms with E-state index in [9.17, 15) is 22.8 Å². The topological polar surface area (TPSA) is 137 Å². The normalized spacial score (nSPS) is 20.6. The molecule has 1 saturated carbocycles. The van der Waals surface area contributed by atoms with E-state index < -0.39 is 48.7 Å². The number of aromatic nitrogens is 4. The van der Waals surface area contributed by atoms with Gasteiger partial charge >= 0.3 is 0 Å². The van der Waals surface area contributed by atoms with Crippen LogP contribution in [-0.4, -0.2) is 80.7 Å². The molecule has 1 aliphatic heterocycles. The monoisotopic (exact) mass is 561 g/mol. The minimum atomic E-state index is -2.86. The highest BCUT2D eigenvalue weighted by Crippen LogP contribution is 2.43. The predicted octanol–water partition coefficient (Wildman–Crippen LogP) is 2.63. The molecule has 1 saturated heterocycles. The average molecular weight is 562 g/mol. The van der Waals surface area contributed by atoms with E-state index in [2.05, 4.69) is 20.4 Å². The Balaban J connectivity index is 1.38. The number of amides is 2. The number of nitrogens with one attached hydrogen (secondary N) is 1. The first-order valence-electron chi connectivity index (χ1n) is 12.9. The smallest absolute Gasteiger partial charge is 0.257 e. The van der Waals surface area contributed by atoms with Gasteiger partial charge in [0.1, 0.15) is 23.6 Å². The van der Waals surface area contributed by atoms with Gasteiger partial charge in [-0.2, -0.15) is 5.10 Å². The molecule has 0 bridgehead atoms. The third kappa shape index (κ3) is 5.27. The summed E-state index contributed by atoms with van der Waals surface area (Å²) in [5.74, 6) is -4.61. The lowest BCUT2D eigenvalue weighted by atomic mass is 9.80. The van der Waals surface area contributed by atoms with Crippen LogP contribution in [0, 0.1) is 5.92 Å². The summed E-state index contributed by atoms with van der Waals surface area (Å²) >= 11 is 0. The third-order valence-electron chi connectivity index (χ3n) is 7.13.